The Bertz CT molecular complexity index is 497. The molecule has 0 heterocycles. The summed E-state index contributed by atoms with van der Waals surface area (Å²) in [6.45, 7) is 0.402. The molecule has 0 aliphatic carbocycles. The third-order valence-corrected chi connectivity index (χ3v) is 4.41. The van der Waals surface area contributed by atoms with Crippen LogP contribution in [0.3, 0.4) is 0 Å². The fourth-order valence-corrected chi connectivity index (χ4v) is 2.58. The number of hydrogen-bond acceptors (Lipinski definition) is 3. The van der Waals surface area contributed by atoms with E-state index in [1.807, 2.05) is 6.07 Å². The number of hydrogen-bond donors (Lipinski definition) is 1. The Morgan fingerprint density at radius 1 is 1.35 bits per heavy atom. The van der Waals surface area contributed by atoms with Crippen LogP contribution >= 0.6 is 35.0 Å². The molecular formula is C13H16Cl2N2O2S. The zero-order chi connectivity index (χ0) is 15.1. The van der Waals surface area contributed by atoms with Gasteiger partial charge in [0.05, 0.1) is 15.8 Å². The fraction of sp³-hybridized carbons (Fsp3) is 0.385. The first kappa shape index (κ1) is 17.1. The molecule has 20 heavy (non-hydrogen) atoms. The highest BCUT2D eigenvalue weighted by Gasteiger charge is 2.12. The van der Waals surface area contributed by atoms with Gasteiger partial charge < -0.3 is 10.6 Å². The summed E-state index contributed by atoms with van der Waals surface area (Å²) in [5, 5.41) is 0.943. The highest BCUT2D eigenvalue weighted by molar-refractivity contribution is 7.99. The van der Waals surface area contributed by atoms with Crippen molar-refractivity contribution in [3.05, 3.63) is 33.8 Å². The number of halogens is 2. The van der Waals surface area contributed by atoms with E-state index in [0.717, 1.165) is 5.56 Å². The van der Waals surface area contributed by atoms with Crippen molar-refractivity contribution >= 4 is 46.8 Å². The number of carbonyl (C=O) groups excluding carboxylic acids is 2. The first-order valence-electron chi connectivity index (χ1n) is 5.94. The van der Waals surface area contributed by atoms with E-state index in [1.54, 1.807) is 24.1 Å². The van der Waals surface area contributed by atoms with Gasteiger partial charge in [-0.05, 0) is 11.6 Å². The smallest absolute Gasteiger partial charge is 0.227 e. The van der Waals surface area contributed by atoms with Gasteiger partial charge in [-0.2, -0.15) is 11.8 Å². The van der Waals surface area contributed by atoms with E-state index in [2.05, 4.69) is 0 Å². The number of carbonyl (C=O) groups is 2. The second-order valence-electron chi connectivity index (χ2n) is 4.23. The van der Waals surface area contributed by atoms with E-state index in [0.29, 0.717) is 28.8 Å². The van der Waals surface area contributed by atoms with Crippen LogP contribution in [0.5, 0.6) is 0 Å². The molecule has 0 aromatic heterocycles. The van der Waals surface area contributed by atoms with Gasteiger partial charge in [-0.15, -0.1) is 0 Å². The molecule has 1 aromatic rings. The molecular weight excluding hydrogens is 319 g/mol. The lowest BCUT2D eigenvalue weighted by molar-refractivity contribution is -0.130. The van der Waals surface area contributed by atoms with Crippen LogP contribution in [0.1, 0.15) is 12.0 Å². The molecule has 0 fully saturated rings. The maximum atomic E-state index is 11.9. The van der Waals surface area contributed by atoms with Crippen LogP contribution in [-0.2, 0) is 16.1 Å². The molecule has 4 nitrogen and oxygen atoms in total. The van der Waals surface area contributed by atoms with E-state index in [1.165, 1.54) is 11.8 Å². The van der Waals surface area contributed by atoms with Crippen molar-refractivity contribution in [2.24, 2.45) is 5.73 Å². The Labute approximate surface area is 132 Å². The lowest BCUT2D eigenvalue weighted by Crippen LogP contribution is -2.26. The molecule has 1 aromatic carbocycles. The van der Waals surface area contributed by atoms with E-state index in [9.17, 15) is 9.59 Å². The number of primary amides is 1. The van der Waals surface area contributed by atoms with Crippen molar-refractivity contribution in [2.45, 2.75) is 13.0 Å². The van der Waals surface area contributed by atoms with Crippen LogP contribution < -0.4 is 5.73 Å². The minimum Gasteiger partial charge on any atom is -0.369 e. The van der Waals surface area contributed by atoms with Crippen molar-refractivity contribution in [2.75, 3.05) is 18.6 Å². The Balaban J connectivity index is 2.45. The molecule has 0 saturated carbocycles. The highest BCUT2D eigenvalue weighted by atomic mass is 35.5. The quantitative estimate of drug-likeness (QED) is 0.779. The van der Waals surface area contributed by atoms with Crippen molar-refractivity contribution in [1.82, 2.24) is 4.90 Å². The predicted molar refractivity (Wildman–Crippen MR) is 84.1 cm³/mol. The summed E-state index contributed by atoms with van der Waals surface area (Å²) >= 11 is 13.4. The minimum absolute atomic E-state index is 0.0157. The maximum absolute atomic E-state index is 11.9. The van der Waals surface area contributed by atoms with Crippen molar-refractivity contribution in [1.29, 1.82) is 0 Å². The third-order valence-electron chi connectivity index (χ3n) is 2.57. The van der Waals surface area contributed by atoms with Gasteiger partial charge in [0.1, 0.15) is 0 Å². The maximum Gasteiger partial charge on any atom is 0.227 e. The number of benzene rings is 1. The van der Waals surface area contributed by atoms with Gasteiger partial charge in [-0.25, -0.2) is 0 Å². The van der Waals surface area contributed by atoms with Gasteiger partial charge in [0.2, 0.25) is 11.8 Å². The zero-order valence-corrected chi connectivity index (χ0v) is 13.4. The Morgan fingerprint density at radius 2 is 2.05 bits per heavy atom. The third kappa shape index (κ3) is 5.61. The van der Waals surface area contributed by atoms with Crippen molar-refractivity contribution in [3.8, 4) is 0 Å². The van der Waals surface area contributed by atoms with E-state index in [4.69, 9.17) is 28.9 Å². The number of thioether (sulfide) groups is 1. The molecule has 110 valence electrons. The first-order valence-corrected chi connectivity index (χ1v) is 7.85. The largest absolute Gasteiger partial charge is 0.369 e. The van der Waals surface area contributed by atoms with Gasteiger partial charge in [-0.1, -0.05) is 35.3 Å². The summed E-state index contributed by atoms with van der Waals surface area (Å²) in [5.41, 5.74) is 5.83. The molecule has 0 radical (unpaired) electrons. The van der Waals surface area contributed by atoms with Gasteiger partial charge >= 0.3 is 0 Å². The molecule has 0 atom stereocenters. The molecule has 2 N–H and O–H groups in total. The zero-order valence-electron chi connectivity index (χ0n) is 11.1. The highest BCUT2D eigenvalue weighted by Crippen LogP contribution is 2.26. The SMILES string of the molecule is CN(Cc1cccc(Cl)c1Cl)C(=O)CCSCC(N)=O. The molecule has 2 amide bonds. The monoisotopic (exact) mass is 334 g/mol. The Morgan fingerprint density at radius 3 is 2.70 bits per heavy atom. The molecule has 0 bridgehead atoms. The predicted octanol–water partition coefficient (Wildman–Crippen LogP) is 2.56. The summed E-state index contributed by atoms with van der Waals surface area (Å²) in [4.78, 5) is 24.1. The number of nitrogens with zero attached hydrogens (tertiary/aromatic N) is 1. The summed E-state index contributed by atoms with van der Waals surface area (Å²) in [5.74, 6) is 0.409. The average molecular weight is 335 g/mol. The van der Waals surface area contributed by atoms with Gasteiger partial charge in [0, 0.05) is 25.8 Å². The van der Waals surface area contributed by atoms with Crippen LogP contribution in [0.4, 0.5) is 0 Å². The first-order chi connectivity index (χ1) is 9.41. The second kappa shape index (κ2) is 8.39. The van der Waals surface area contributed by atoms with Crippen LogP contribution in [-0.4, -0.2) is 35.3 Å². The molecule has 0 aliphatic rings. The molecule has 1 rings (SSSR count). The Kier molecular flexibility index (Phi) is 7.19. The topological polar surface area (TPSA) is 63.4 Å². The molecule has 7 heteroatoms. The van der Waals surface area contributed by atoms with E-state index >= 15 is 0 Å². The fourth-order valence-electron chi connectivity index (χ4n) is 1.54. The minimum atomic E-state index is -0.374. The summed E-state index contributed by atoms with van der Waals surface area (Å²) in [6, 6.07) is 5.33. The normalized spacial score (nSPS) is 10.3. The second-order valence-corrected chi connectivity index (χ2v) is 6.12. The van der Waals surface area contributed by atoms with E-state index < -0.39 is 0 Å². The average Bonchev–Trinajstić information content (AvgIpc) is 2.39. The summed E-state index contributed by atoms with van der Waals surface area (Å²) in [7, 11) is 1.71. The van der Waals surface area contributed by atoms with Crippen LogP contribution in [0.15, 0.2) is 18.2 Å². The van der Waals surface area contributed by atoms with Crippen LogP contribution in [0.2, 0.25) is 10.0 Å². The summed E-state index contributed by atoms with van der Waals surface area (Å²) in [6.07, 6.45) is 0.354. The van der Waals surface area contributed by atoms with Gasteiger partial charge in [-0.3, -0.25) is 9.59 Å². The number of amides is 2. The number of rotatable bonds is 7. The summed E-state index contributed by atoms with van der Waals surface area (Å²) < 4.78 is 0. The van der Waals surface area contributed by atoms with E-state index in [-0.39, 0.29) is 17.6 Å². The van der Waals surface area contributed by atoms with Crippen LogP contribution in [0.25, 0.3) is 0 Å². The van der Waals surface area contributed by atoms with Crippen LogP contribution in [0, 0.1) is 0 Å². The van der Waals surface area contributed by atoms with Crippen molar-refractivity contribution in [3.63, 3.8) is 0 Å². The standard InChI is InChI=1S/C13H16Cl2N2O2S/c1-17(12(19)5-6-20-8-11(16)18)7-9-3-2-4-10(14)13(9)15/h2-4H,5-8H2,1H3,(H2,16,18). The molecule has 0 saturated heterocycles. The number of nitrogens with two attached hydrogens (primary N) is 1. The molecule has 0 unspecified atom stereocenters. The van der Waals surface area contributed by atoms with Gasteiger partial charge in [0.15, 0.2) is 0 Å². The molecule has 0 spiro atoms. The lowest BCUT2D eigenvalue weighted by Gasteiger charge is -2.18. The lowest BCUT2D eigenvalue weighted by atomic mass is 10.2. The van der Waals surface area contributed by atoms with Crippen molar-refractivity contribution < 1.29 is 9.59 Å². The Hall–Kier alpha value is -0.910. The van der Waals surface area contributed by atoms with Gasteiger partial charge in [0.25, 0.3) is 0 Å². The molecule has 0 aliphatic heterocycles.